The van der Waals surface area contributed by atoms with Crippen LogP contribution < -0.4 is 9.46 Å². The van der Waals surface area contributed by atoms with Crippen molar-refractivity contribution in [3.05, 3.63) is 59.4 Å². The van der Waals surface area contributed by atoms with Crippen molar-refractivity contribution in [2.45, 2.75) is 17.7 Å². The molecule has 2 aromatic carbocycles. The fraction of sp³-hybridized carbons (Fsp3) is 0.176. The van der Waals surface area contributed by atoms with E-state index in [0.717, 1.165) is 0 Å². The summed E-state index contributed by atoms with van der Waals surface area (Å²) in [5.41, 5.74) is 0.857. The molecule has 0 saturated heterocycles. The minimum atomic E-state index is -4.01. The normalized spacial score (nSPS) is 10.8. The van der Waals surface area contributed by atoms with Crippen LogP contribution in [0, 0.1) is 17.1 Å². The maximum absolute atomic E-state index is 13.6. The van der Waals surface area contributed by atoms with Crippen LogP contribution in [0.4, 0.5) is 4.39 Å². The third-order valence-corrected chi connectivity index (χ3v) is 4.79. The van der Waals surface area contributed by atoms with Gasteiger partial charge in [-0.2, -0.15) is 5.26 Å². The molecule has 0 unspecified atom stereocenters. The number of rotatable bonds is 6. The Morgan fingerprint density at radius 3 is 2.48 bits per heavy atom. The number of carbonyl (C=O) groups excluding carboxylic acids is 1. The average molecular weight is 362 g/mol. The Kier molecular flexibility index (Phi) is 5.72. The topological polar surface area (TPSA) is 96.3 Å². The number of sulfonamides is 1. The van der Waals surface area contributed by atoms with Crippen LogP contribution in [0.2, 0.25) is 0 Å². The first-order valence-corrected chi connectivity index (χ1v) is 8.72. The number of ether oxygens (including phenoxy) is 1. The van der Waals surface area contributed by atoms with E-state index in [9.17, 15) is 17.6 Å². The number of halogens is 1. The van der Waals surface area contributed by atoms with Crippen molar-refractivity contribution >= 4 is 15.9 Å². The van der Waals surface area contributed by atoms with Crippen LogP contribution in [0.3, 0.4) is 0 Å². The minimum Gasteiger partial charge on any atom is -0.494 e. The molecule has 8 heteroatoms. The monoisotopic (exact) mass is 362 g/mol. The summed E-state index contributed by atoms with van der Waals surface area (Å²) in [5, 5.41) is 8.70. The van der Waals surface area contributed by atoms with Gasteiger partial charge in [0.15, 0.2) is 11.6 Å². The van der Waals surface area contributed by atoms with Crippen molar-refractivity contribution in [3.8, 4) is 11.8 Å². The van der Waals surface area contributed by atoms with Gasteiger partial charge in [0, 0.05) is 6.42 Å². The Bertz CT molecular complexity index is 919. The Hall–Kier alpha value is -2.92. The summed E-state index contributed by atoms with van der Waals surface area (Å²) in [6.45, 7) is 0. The molecule has 0 radical (unpaired) electrons. The van der Waals surface area contributed by atoms with Gasteiger partial charge < -0.3 is 4.74 Å². The van der Waals surface area contributed by atoms with E-state index in [4.69, 9.17) is 10.00 Å². The molecule has 2 rings (SSSR count). The lowest BCUT2D eigenvalue weighted by Gasteiger charge is -2.08. The first-order chi connectivity index (χ1) is 11.9. The van der Waals surface area contributed by atoms with Crippen LogP contribution in [0.25, 0.3) is 0 Å². The van der Waals surface area contributed by atoms with Crippen molar-refractivity contribution < 1.29 is 22.3 Å². The molecule has 6 nitrogen and oxygen atoms in total. The highest BCUT2D eigenvalue weighted by atomic mass is 32.2. The molecule has 0 aliphatic rings. The molecule has 0 aliphatic heterocycles. The molecule has 0 aromatic heterocycles. The summed E-state index contributed by atoms with van der Waals surface area (Å²) in [4.78, 5) is 11.8. The van der Waals surface area contributed by atoms with Gasteiger partial charge in [0.05, 0.1) is 23.6 Å². The molecule has 0 saturated carbocycles. The molecular formula is C17H15FN2O4S. The maximum Gasteiger partial charge on any atom is 0.264 e. The number of amides is 1. The van der Waals surface area contributed by atoms with Gasteiger partial charge in [0.2, 0.25) is 5.91 Å². The predicted octanol–water partition coefficient (Wildman–Crippen LogP) is 2.14. The first-order valence-electron chi connectivity index (χ1n) is 7.24. The number of nitrogens with one attached hydrogen (secondary N) is 1. The van der Waals surface area contributed by atoms with Gasteiger partial charge in [-0.15, -0.1) is 0 Å². The number of carbonyl (C=O) groups is 1. The maximum atomic E-state index is 13.6. The molecule has 0 spiro atoms. The van der Waals surface area contributed by atoms with Gasteiger partial charge in [-0.3, -0.25) is 4.79 Å². The lowest BCUT2D eigenvalue weighted by molar-refractivity contribution is -0.119. The van der Waals surface area contributed by atoms with E-state index >= 15 is 0 Å². The third kappa shape index (κ3) is 4.78. The van der Waals surface area contributed by atoms with Crippen LogP contribution in [0.1, 0.15) is 17.5 Å². The zero-order valence-electron chi connectivity index (χ0n) is 13.3. The van der Waals surface area contributed by atoms with Crippen molar-refractivity contribution in [1.29, 1.82) is 5.26 Å². The van der Waals surface area contributed by atoms with Crippen molar-refractivity contribution in [2.24, 2.45) is 0 Å². The lowest BCUT2D eigenvalue weighted by Crippen LogP contribution is -2.30. The zero-order chi connectivity index (χ0) is 18.4. The predicted molar refractivity (Wildman–Crippen MR) is 87.8 cm³/mol. The van der Waals surface area contributed by atoms with Gasteiger partial charge >= 0.3 is 0 Å². The van der Waals surface area contributed by atoms with E-state index < -0.39 is 21.7 Å². The molecule has 130 valence electrons. The molecule has 1 amide bonds. The summed E-state index contributed by atoms with van der Waals surface area (Å²) in [7, 11) is -2.66. The van der Waals surface area contributed by atoms with Crippen LogP contribution in [-0.2, 0) is 21.2 Å². The van der Waals surface area contributed by atoms with E-state index in [0.29, 0.717) is 11.1 Å². The van der Waals surface area contributed by atoms with E-state index in [2.05, 4.69) is 0 Å². The zero-order valence-corrected chi connectivity index (χ0v) is 14.1. The molecule has 0 heterocycles. The number of nitrogens with zero attached hydrogens (tertiary/aromatic N) is 1. The summed E-state index contributed by atoms with van der Waals surface area (Å²) in [6, 6.07) is 11.3. The molecule has 1 N–H and O–H groups in total. The van der Waals surface area contributed by atoms with Crippen LogP contribution in [0.5, 0.6) is 5.75 Å². The number of aryl methyl sites for hydroxylation is 1. The van der Waals surface area contributed by atoms with Crippen LogP contribution in [-0.4, -0.2) is 21.4 Å². The van der Waals surface area contributed by atoms with E-state index in [1.807, 2.05) is 10.8 Å². The van der Waals surface area contributed by atoms with Crippen LogP contribution >= 0.6 is 0 Å². The SMILES string of the molecule is COc1ccc(CCC(=O)NS(=O)(=O)c2ccc(C#N)cc2)cc1F. The highest BCUT2D eigenvalue weighted by Crippen LogP contribution is 2.18. The fourth-order valence-corrected chi connectivity index (χ4v) is 3.11. The summed E-state index contributed by atoms with van der Waals surface area (Å²) < 4.78 is 44.5. The average Bonchev–Trinajstić information content (AvgIpc) is 2.59. The Morgan fingerprint density at radius 1 is 1.24 bits per heavy atom. The summed E-state index contributed by atoms with van der Waals surface area (Å²) >= 11 is 0. The highest BCUT2D eigenvalue weighted by Gasteiger charge is 2.17. The Morgan fingerprint density at radius 2 is 1.92 bits per heavy atom. The number of hydrogen-bond donors (Lipinski definition) is 1. The Balaban J connectivity index is 1.99. The van der Waals surface area contributed by atoms with Crippen LogP contribution in [0.15, 0.2) is 47.4 Å². The van der Waals surface area contributed by atoms with Crippen molar-refractivity contribution in [3.63, 3.8) is 0 Å². The number of benzene rings is 2. The molecule has 2 aromatic rings. The standard InChI is InChI=1S/C17H15FN2O4S/c1-24-16-8-4-12(10-15(16)18)5-9-17(21)20-25(22,23)14-6-2-13(11-19)3-7-14/h2-4,6-8,10H,5,9H2,1H3,(H,20,21). The van der Waals surface area contributed by atoms with E-state index in [1.54, 1.807) is 6.07 Å². The molecular weight excluding hydrogens is 347 g/mol. The third-order valence-electron chi connectivity index (χ3n) is 3.40. The second kappa shape index (κ2) is 7.77. The van der Waals surface area contributed by atoms with Gasteiger partial charge in [0.25, 0.3) is 10.0 Å². The molecule has 0 fully saturated rings. The second-order valence-corrected chi connectivity index (χ2v) is 6.82. The summed E-state index contributed by atoms with van der Waals surface area (Å²) in [5.74, 6) is -1.16. The number of nitriles is 1. The van der Waals surface area contributed by atoms with E-state index in [1.165, 1.54) is 43.5 Å². The van der Waals surface area contributed by atoms with Crippen molar-refractivity contribution in [2.75, 3.05) is 7.11 Å². The number of methoxy groups -OCH3 is 1. The molecule has 0 aliphatic carbocycles. The smallest absolute Gasteiger partial charge is 0.264 e. The largest absolute Gasteiger partial charge is 0.494 e. The lowest BCUT2D eigenvalue weighted by atomic mass is 10.1. The highest BCUT2D eigenvalue weighted by molar-refractivity contribution is 7.90. The van der Waals surface area contributed by atoms with Gasteiger partial charge in [-0.25, -0.2) is 17.5 Å². The van der Waals surface area contributed by atoms with Crippen molar-refractivity contribution in [1.82, 2.24) is 4.72 Å². The van der Waals surface area contributed by atoms with E-state index in [-0.39, 0.29) is 23.5 Å². The van der Waals surface area contributed by atoms with Gasteiger partial charge in [-0.1, -0.05) is 6.07 Å². The van der Waals surface area contributed by atoms with Gasteiger partial charge in [-0.05, 0) is 48.4 Å². The molecule has 0 atom stereocenters. The Labute approximate surface area is 144 Å². The molecule has 25 heavy (non-hydrogen) atoms. The minimum absolute atomic E-state index is 0.0941. The fourth-order valence-electron chi connectivity index (χ4n) is 2.09. The quantitative estimate of drug-likeness (QED) is 0.849. The summed E-state index contributed by atoms with van der Waals surface area (Å²) in [6.07, 6.45) is 0.0525. The van der Waals surface area contributed by atoms with Gasteiger partial charge in [0.1, 0.15) is 0 Å². The first kappa shape index (κ1) is 18.4. The number of hydrogen-bond acceptors (Lipinski definition) is 5. The second-order valence-electron chi connectivity index (χ2n) is 5.13. The molecule has 0 bridgehead atoms.